The monoisotopic (exact) mass is 302 g/mol. The lowest BCUT2D eigenvalue weighted by molar-refractivity contribution is -0.143. The minimum Gasteiger partial charge on any atom is -0.448 e. The molecule has 116 valence electrons. The molecule has 1 aromatic rings. The van der Waals surface area contributed by atoms with Crippen LogP contribution >= 0.6 is 0 Å². The van der Waals surface area contributed by atoms with Gasteiger partial charge in [-0.3, -0.25) is 9.59 Å². The fourth-order valence-electron chi connectivity index (χ4n) is 3.06. The van der Waals surface area contributed by atoms with Crippen molar-refractivity contribution in [2.45, 2.75) is 25.4 Å². The molecule has 2 N–H and O–H groups in total. The molecule has 6 nitrogen and oxygen atoms in total. The van der Waals surface area contributed by atoms with Gasteiger partial charge in [-0.05, 0) is 24.5 Å². The number of hydrogen-bond donors (Lipinski definition) is 1. The predicted molar refractivity (Wildman–Crippen MR) is 77.8 cm³/mol. The molecule has 2 heterocycles. The molecule has 0 spiro atoms. The number of fused-ring (bicyclic) bond motifs is 1. The number of ether oxygens (including phenoxy) is 1. The maximum Gasteiger partial charge on any atom is 0.339 e. The number of hydrogen-bond acceptors (Lipinski definition) is 4. The van der Waals surface area contributed by atoms with Crippen molar-refractivity contribution in [3.05, 3.63) is 35.4 Å². The maximum absolute atomic E-state index is 12.5. The van der Waals surface area contributed by atoms with Crippen molar-refractivity contribution < 1.29 is 19.1 Å². The molecule has 0 radical (unpaired) electrons. The molecule has 2 aliphatic rings. The molecular formula is C16H18N2O4. The first kappa shape index (κ1) is 14.6. The van der Waals surface area contributed by atoms with E-state index in [9.17, 15) is 14.4 Å². The number of benzene rings is 1. The summed E-state index contributed by atoms with van der Waals surface area (Å²) in [6.45, 7) is 0.949. The van der Waals surface area contributed by atoms with Crippen molar-refractivity contribution in [2.75, 3.05) is 13.1 Å². The third kappa shape index (κ3) is 2.68. The number of esters is 1. The van der Waals surface area contributed by atoms with E-state index in [1.807, 2.05) is 12.1 Å². The molecule has 1 atom stereocenters. The van der Waals surface area contributed by atoms with Gasteiger partial charge in [-0.15, -0.1) is 0 Å². The standard InChI is InChI=1S/C16H18N2O4/c17-14(19)10-5-7-18(8-6-10)15(20)13-9-11-3-1-2-4-12(11)16(21)22-13/h1-4,10,13H,5-9H2,(H2,17,19). The maximum atomic E-state index is 12.5. The number of rotatable bonds is 2. The van der Waals surface area contributed by atoms with E-state index >= 15 is 0 Å². The molecule has 0 aromatic heterocycles. The van der Waals surface area contributed by atoms with E-state index in [1.54, 1.807) is 17.0 Å². The Labute approximate surface area is 128 Å². The topological polar surface area (TPSA) is 89.7 Å². The van der Waals surface area contributed by atoms with Crippen LogP contribution < -0.4 is 5.73 Å². The van der Waals surface area contributed by atoms with Crippen LogP contribution in [0.25, 0.3) is 0 Å². The first-order valence-electron chi connectivity index (χ1n) is 7.43. The van der Waals surface area contributed by atoms with Crippen molar-refractivity contribution in [1.29, 1.82) is 0 Å². The highest BCUT2D eigenvalue weighted by molar-refractivity contribution is 5.95. The zero-order valence-corrected chi connectivity index (χ0v) is 12.2. The van der Waals surface area contributed by atoms with Crippen LogP contribution in [0.2, 0.25) is 0 Å². The highest BCUT2D eigenvalue weighted by atomic mass is 16.5. The van der Waals surface area contributed by atoms with E-state index in [1.165, 1.54) is 0 Å². The second-order valence-electron chi connectivity index (χ2n) is 5.76. The third-order valence-corrected chi connectivity index (χ3v) is 4.38. The van der Waals surface area contributed by atoms with Crippen LogP contribution in [-0.4, -0.2) is 41.9 Å². The molecule has 1 aromatic carbocycles. The van der Waals surface area contributed by atoms with Crippen LogP contribution in [0.1, 0.15) is 28.8 Å². The molecular weight excluding hydrogens is 284 g/mol. The first-order chi connectivity index (χ1) is 10.6. The van der Waals surface area contributed by atoms with Gasteiger partial charge >= 0.3 is 5.97 Å². The lowest BCUT2D eigenvalue weighted by Crippen LogP contribution is -2.48. The SMILES string of the molecule is NC(=O)C1CCN(C(=O)C2Cc3ccccc3C(=O)O2)CC1. The van der Waals surface area contributed by atoms with E-state index in [2.05, 4.69) is 0 Å². The number of amides is 2. The lowest BCUT2D eigenvalue weighted by atomic mass is 9.94. The number of likely N-dealkylation sites (tertiary alicyclic amines) is 1. The highest BCUT2D eigenvalue weighted by Crippen LogP contribution is 2.24. The number of nitrogens with two attached hydrogens (primary N) is 1. The summed E-state index contributed by atoms with van der Waals surface area (Å²) in [7, 11) is 0. The van der Waals surface area contributed by atoms with Gasteiger partial charge in [0.05, 0.1) is 5.56 Å². The fraction of sp³-hybridized carbons (Fsp3) is 0.438. The van der Waals surface area contributed by atoms with Gasteiger partial charge in [-0.1, -0.05) is 18.2 Å². The van der Waals surface area contributed by atoms with Gasteiger partial charge < -0.3 is 15.4 Å². The minimum absolute atomic E-state index is 0.168. The van der Waals surface area contributed by atoms with Gasteiger partial charge in [-0.25, -0.2) is 4.79 Å². The second-order valence-corrected chi connectivity index (χ2v) is 5.76. The van der Waals surface area contributed by atoms with Crippen LogP contribution in [0.4, 0.5) is 0 Å². The van der Waals surface area contributed by atoms with Crippen LogP contribution in [0.5, 0.6) is 0 Å². The molecule has 1 fully saturated rings. The Hall–Kier alpha value is -2.37. The zero-order chi connectivity index (χ0) is 15.7. The molecule has 2 aliphatic heterocycles. The van der Waals surface area contributed by atoms with Gasteiger partial charge in [0.1, 0.15) is 0 Å². The largest absolute Gasteiger partial charge is 0.448 e. The Morgan fingerprint density at radius 3 is 2.55 bits per heavy atom. The number of piperidine rings is 1. The van der Waals surface area contributed by atoms with Gasteiger partial charge in [0, 0.05) is 25.4 Å². The third-order valence-electron chi connectivity index (χ3n) is 4.38. The van der Waals surface area contributed by atoms with Crippen molar-refractivity contribution in [3.8, 4) is 0 Å². The Balaban J connectivity index is 1.67. The number of cyclic esters (lactones) is 1. The van der Waals surface area contributed by atoms with Gasteiger partial charge in [0.25, 0.3) is 5.91 Å². The number of carbonyl (C=O) groups excluding carboxylic acids is 3. The average Bonchev–Trinajstić information content (AvgIpc) is 2.54. The molecule has 3 rings (SSSR count). The zero-order valence-electron chi connectivity index (χ0n) is 12.2. The molecule has 0 aliphatic carbocycles. The second kappa shape index (κ2) is 5.79. The number of carbonyl (C=O) groups is 3. The van der Waals surface area contributed by atoms with Crippen molar-refractivity contribution in [2.24, 2.45) is 11.7 Å². The summed E-state index contributed by atoms with van der Waals surface area (Å²) in [6.07, 6.45) is 0.764. The molecule has 0 bridgehead atoms. The molecule has 0 saturated carbocycles. The summed E-state index contributed by atoms with van der Waals surface area (Å²) < 4.78 is 5.28. The first-order valence-corrected chi connectivity index (χ1v) is 7.43. The van der Waals surface area contributed by atoms with Crippen LogP contribution in [0, 0.1) is 5.92 Å². The van der Waals surface area contributed by atoms with E-state index in [0.29, 0.717) is 37.9 Å². The van der Waals surface area contributed by atoms with Crippen LogP contribution in [-0.2, 0) is 20.7 Å². The van der Waals surface area contributed by atoms with Crippen molar-refractivity contribution in [1.82, 2.24) is 4.90 Å². The fourth-order valence-corrected chi connectivity index (χ4v) is 3.06. The smallest absolute Gasteiger partial charge is 0.339 e. The Kier molecular flexibility index (Phi) is 3.83. The van der Waals surface area contributed by atoms with Gasteiger partial charge in [0.2, 0.25) is 5.91 Å². The molecule has 1 saturated heterocycles. The summed E-state index contributed by atoms with van der Waals surface area (Å²) in [5, 5.41) is 0. The van der Waals surface area contributed by atoms with Crippen molar-refractivity contribution >= 4 is 17.8 Å². The Morgan fingerprint density at radius 1 is 1.18 bits per heavy atom. The number of primary amides is 1. The number of nitrogens with zero attached hydrogens (tertiary/aromatic N) is 1. The molecule has 22 heavy (non-hydrogen) atoms. The summed E-state index contributed by atoms with van der Waals surface area (Å²) in [5.74, 6) is -1.12. The minimum atomic E-state index is -0.771. The quantitative estimate of drug-likeness (QED) is 0.805. The highest BCUT2D eigenvalue weighted by Gasteiger charge is 2.35. The molecule has 2 amide bonds. The summed E-state index contributed by atoms with van der Waals surface area (Å²) in [5.41, 5.74) is 6.66. The summed E-state index contributed by atoms with van der Waals surface area (Å²) in [6, 6.07) is 7.17. The van der Waals surface area contributed by atoms with Gasteiger partial charge in [0.15, 0.2) is 6.10 Å². The Bertz CT molecular complexity index is 620. The lowest BCUT2D eigenvalue weighted by Gasteiger charge is -2.34. The Morgan fingerprint density at radius 2 is 1.86 bits per heavy atom. The molecule has 1 unspecified atom stereocenters. The van der Waals surface area contributed by atoms with Crippen molar-refractivity contribution in [3.63, 3.8) is 0 Å². The van der Waals surface area contributed by atoms with Crippen LogP contribution in [0.15, 0.2) is 24.3 Å². The summed E-state index contributed by atoms with van der Waals surface area (Å²) >= 11 is 0. The summed E-state index contributed by atoms with van der Waals surface area (Å²) in [4.78, 5) is 37.3. The van der Waals surface area contributed by atoms with E-state index in [4.69, 9.17) is 10.5 Å². The van der Waals surface area contributed by atoms with E-state index in [-0.39, 0.29) is 17.7 Å². The predicted octanol–water partition coefficient (Wildman–Crippen LogP) is 0.492. The average molecular weight is 302 g/mol. The van der Waals surface area contributed by atoms with E-state index in [0.717, 1.165) is 5.56 Å². The normalized spacial score (nSPS) is 21.9. The van der Waals surface area contributed by atoms with Crippen LogP contribution in [0.3, 0.4) is 0 Å². The van der Waals surface area contributed by atoms with E-state index < -0.39 is 12.1 Å². The van der Waals surface area contributed by atoms with Gasteiger partial charge in [-0.2, -0.15) is 0 Å². The molecule has 6 heteroatoms.